The minimum atomic E-state index is -1.06. The molecular weight excluding hydrogens is 222 g/mol. The van der Waals surface area contributed by atoms with E-state index in [2.05, 4.69) is 5.32 Å². The first-order valence-electron chi connectivity index (χ1n) is 6.02. The van der Waals surface area contributed by atoms with Gasteiger partial charge < -0.3 is 15.2 Å². The van der Waals surface area contributed by atoms with Gasteiger partial charge in [-0.05, 0) is 12.8 Å². The summed E-state index contributed by atoms with van der Waals surface area (Å²) in [6.07, 6.45) is 4.89. The van der Waals surface area contributed by atoms with Gasteiger partial charge in [-0.3, -0.25) is 4.79 Å². The zero-order valence-electron chi connectivity index (χ0n) is 10.5. The van der Waals surface area contributed by atoms with Crippen molar-refractivity contribution in [3.63, 3.8) is 0 Å². The lowest BCUT2D eigenvalue weighted by molar-refractivity contribution is -0.145. The lowest BCUT2D eigenvalue weighted by Crippen LogP contribution is -2.50. The van der Waals surface area contributed by atoms with Gasteiger partial charge in [-0.1, -0.05) is 26.2 Å². The Kier molecular flexibility index (Phi) is 4.93. The van der Waals surface area contributed by atoms with E-state index in [4.69, 9.17) is 9.84 Å². The molecule has 0 spiro atoms. The first-order chi connectivity index (χ1) is 7.99. The van der Waals surface area contributed by atoms with Gasteiger partial charge in [0.05, 0.1) is 6.61 Å². The molecule has 1 amide bonds. The normalized spacial score (nSPS) is 20.6. The SMILES string of the molecule is COCC(NC(=O)C1(C)CCCCC1)C(=O)O. The van der Waals surface area contributed by atoms with E-state index >= 15 is 0 Å². The van der Waals surface area contributed by atoms with Gasteiger partial charge in [0.15, 0.2) is 6.04 Å². The first-order valence-corrected chi connectivity index (χ1v) is 6.02. The van der Waals surface area contributed by atoms with Crippen LogP contribution in [0.2, 0.25) is 0 Å². The molecule has 0 heterocycles. The Bertz CT molecular complexity index is 284. The van der Waals surface area contributed by atoms with Crippen molar-refractivity contribution in [2.45, 2.75) is 45.1 Å². The number of carbonyl (C=O) groups excluding carboxylic acids is 1. The summed E-state index contributed by atoms with van der Waals surface area (Å²) in [6.45, 7) is 1.91. The van der Waals surface area contributed by atoms with Crippen molar-refractivity contribution < 1.29 is 19.4 Å². The van der Waals surface area contributed by atoms with Crippen LogP contribution >= 0.6 is 0 Å². The van der Waals surface area contributed by atoms with Crippen LogP contribution in [0.5, 0.6) is 0 Å². The molecule has 0 aliphatic heterocycles. The molecule has 1 aliphatic rings. The number of amides is 1. The molecule has 1 atom stereocenters. The van der Waals surface area contributed by atoms with Gasteiger partial charge in [0.1, 0.15) is 0 Å². The molecule has 98 valence electrons. The monoisotopic (exact) mass is 243 g/mol. The summed E-state index contributed by atoms with van der Waals surface area (Å²) in [7, 11) is 1.42. The van der Waals surface area contributed by atoms with Crippen LogP contribution in [0.1, 0.15) is 39.0 Å². The Labute approximate surface area is 102 Å². The highest BCUT2D eigenvalue weighted by atomic mass is 16.5. The molecule has 17 heavy (non-hydrogen) atoms. The number of carbonyl (C=O) groups is 2. The van der Waals surface area contributed by atoms with E-state index in [-0.39, 0.29) is 12.5 Å². The Balaban J connectivity index is 2.59. The number of ether oxygens (including phenoxy) is 1. The molecule has 1 aliphatic carbocycles. The summed E-state index contributed by atoms with van der Waals surface area (Å²) in [5.41, 5.74) is -0.417. The van der Waals surface area contributed by atoms with E-state index in [1.807, 2.05) is 6.92 Å². The largest absolute Gasteiger partial charge is 0.480 e. The van der Waals surface area contributed by atoms with E-state index in [0.29, 0.717) is 0 Å². The van der Waals surface area contributed by atoms with Crippen molar-refractivity contribution in [2.24, 2.45) is 5.41 Å². The fraction of sp³-hybridized carbons (Fsp3) is 0.833. The van der Waals surface area contributed by atoms with Crippen LogP contribution in [0.3, 0.4) is 0 Å². The van der Waals surface area contributed by atoms with Gasteiger partial charge in [-0.15, -0.1) is 0 Å². The van der Waals surface area contributed by atoms with E-state index in [9.17, 15) is 9.59 Å². The highest BCUT2D eigenvalue weighted by Gasteiger charge is 2.36. The van der Waals surface area contributed by atoms with Crippen molar-refractivity contribution in [1.82, 2.24) is 5.32 Å². The average Bonchev–Trinajstić information content (AvgIpc) is 2.29. The first kappa shape index (κ1) is 14.0. The molecule has 2 N–H and O–H groups in total. The summed E-state index contributed by atoms with van der Waals surface area (Å²) < 4.78 is 4.79. The van der Waals surface area contributed by atoms with Gasteiger partial charge in [0.2, 0.25) is 5.91 Å². The van der Waals surface area contributed by atoms with Crippen LogP contribution in [-0.2, 0) is 14.3 Å². The fourth-order valence-electron chi connectivity index (χ4n) is 2.23. The van der Waals surface area contributed by atoms with Crippen LogP contribution in [0.15, 0.2) is 0 Å². The number of hydrogen-bond acceptors (Lipinski definition) is 3. The zero-order chi connectivity index (χ0) is 12.9. The standard InChI is InChI=1S/C12H21NO4/c1-12(6-4-3-5-7-12)11(16)13-9(8-17-2)10(14)15/h9H,3-8H2,1-2H3,(H,13,16)(H,14,15). The van der Waals surface area contributed by atoms with E-state index in [0.717, 1.165) is 32.1 Å². The third-order valence-corrected chi connectivity index (χ3v) is 3.44. The minimum absolute atomic E-state index is 0.00282. The van der Waals surface area contributed by atoms with Crippen LogP contribution < -0.4 is 5.32 Å². The number of hydrogen-bond donors (Lipinski definition) is 2. The quantitative estimate of drug-likeness (QED) is 0.760. The number of aliphatic carboxylic acids is 1. The average molecular weight is 243 g/mol. The molecular formula is C12H21NO4. The predicted octanol–water partition coefficient (Wildman–Crippen LogP) is 1.17. The van der Waals surface area contributed by atoms with Gasteiger partial charge in [-0.2, -0.15) is 0 Å². The third kappa shape index (κ3) is 3.70. The zero-order valence-corrected chi connectivity index (χ0v) is 10.5. The number of carboxylic acid groups (broad SMARTS) is 1. The lowest BCUT2D eigenvalue weighted by atomic mass is 9.75. The van der Waals surface area contributed by atoms with Gasteiger partial charge in [-0.25, -0.2) is 4.79 Å². The van der Waals surface area contributed by atoms with Crippen molar-refractivity contribution in [1.29, 1.82) is 0 Å². The number of nitrogens with one attached hydrogen (secondary N) is 1. The molecule has 0 radical (unpaired) electrons. The molecule has 1 fully saturated rings. The summed E-state index contributed by atoms with van der Waals surface area (Å²) in [5, 5.41) is 11.5. The molecule has 1 saturated carbocycles. The van der Waals surface area contributed by atoms with E-state index in [1.54, 1.807) is 0 Å². The van der Waals surface area contributed by atoms with Gasteiger partial charge in [0, 0.05) is 12.5 Å². The molecule has 0 aromatic carbocycles. The van der Waals surface area contributed by atoms with Crippen LogP contribution in [-0.4, -0.2) is 36.7 Å². The summed E-state index contributed by atoms with van der Waals surface area (Å²) in [5.74, 6) is -1.22. The van der Waals surface area contributed by atoms with Gasteiger partial charge >= 0.3 is 5.97 Å². The second-order valence-corrected chi connectivity index (χ2v) is 4.94. The Morgan fingerprint density at radius 2 is 1.94 bits per heavy atom. The number of rotatable bonds is 5. The second kappa shape index (κ2) is 6.00. The van der Waals surface area contributed by atoms with E-state index in [1.165, 1.54) is 7.11 Å². The highest BCUT2D eigenvalue weighted by Crippen LogP contribution is 2.35. The van der Waals surface area contributed by atoms with Gasteiger partial charge in [0.25, 0.3) is 0 Å². The summed E-state index contributed by atoms with van der Waals surface area (Å²) in [4.78, 5) is 23.0. The highest BCUT2D eigenvalue weighted by molar-refractivity contribution is 5.87. The van der Waals surface area contributed by atoms with Crippen LogP contribution in [0.25, 0.3) is 0 Å². The Morgan fingerprint density at radius 1 is 1.35 bits per heavy atom. The summed E-state index contributed by atoms with van der Waals surface area (Å²) >= 11 is 0. The topological polar surface area (TPSA) is 75.6 Å². The molecule has 0 aromatic rings. The minimum Gasteiger partial charge on any atom is -0.480 e. The third-order valence-electron chi connectivity index (χ3n) is 3.44. The van der Waals surface area contributed by atoms with Crippen molar-refractivity contribution in [3.05, 3.63) is 0 Å². The fourth-order valence-corrected chi connectivity index (χ4v) is 2.23. The van der Waals surface area contributed by atoms with Crippen molar-refractivity contribution in [2.75, 3.05) is 13.7 Å². The summed E-state index contributed by atoms with van der Waals surface area (Å²) in [6, 6.07) is -0.953. The molecule has 5 nitrogen and oxygen atoms in total. The predicted molar refractivity (Wildman–Crippen MR) is 62.6 cm³/mol. The maximum atomic E-state index is 12.1. The number of methoxy groups -OCH3 is 1. The molecule has 0 aromatic heterocycles. The smallest absolute Gasteiger partial charge is 0.328 e. The van der Waals surface area contributed by atoms with Crippen LogP contribution in [0.4, 0.5) is 0 Å². The van der Waals surface area contributed by atoms with Crippen LogP contribution in [0, 0.1) is 5.41 Å². The molecule has 5 heteroatoms. The maximum Gasteiger partial charge on any atom is 0.328 e. The maximum absolute atomic E-state index is 12.1. The lowest BCUT2D eigenvalue weighted by Gasteiger charge is -2.33. The van der Waals surface area contributed by atoms with E-state index < -0.39 is 17.4 Å². The molecule has 1 unspecified atom stereocenters. The number of carboxylic acids is 1. The Hall–Kier alpha value is -1.10. The van der Waals surface area contributed by atoms with Crippen molar-refractivity contribution in [3.8, 4) is 0 Å². The van der Waals surface area contributed by atoms with Crippen molar-refractivity contribution >= 4 is 11.9 Å². The Morgan fingerprint density at radius 3 is 2.41 bits per heavy atom. The molecule has 1 rings (SSSR count). The second-order valence-electron chi connectivity index (χ2n) is 4.94. The molecule has 0 saturated heterocycles. The molecule has 0 bridgehead atoms.